The largest absolute Gasteiger partial charge is 0.494 e. The molecule has 0 atom stereocenters. The van der Waals surface area contributed by atoms with Crippen LogP contribution < -0.4 is 15.0 Å². The van der Waals surface area contributed by atoms with E-state index in [2.05, 4.69) is 11.9 Å². The van der Waals surface area contributed by atoms with Crippen molar-refractivity contribution in [2.45, 2.75) is 75.5 Å². The number of aromatic hydroxyl groups is 1. The van der Waals surface area contributed by atoms with Crippen molar-refractivity contribution in [1.29, 1.82) is 0 Å². The van der Waals surface area contributed by atoms with E-state index in [9.17, 15) is 14.7 Å². The van der Waals surface area contributed by atoms with Crippen molar-refractivity contribution in [3.63, 3.8) is 0 Å². The van der Waals surface area contributed by atoms with Gasteiger partial charge in [0.1, 0.15) is 33.5 Å². The topological polar surface area (TPSA) is 103 Å². The number of piperidine rings is 1. The predicted octanol–water partition coefficient (Wildman–Crippen LogP) is 4.79. The van der Waals surface area contributed by atoms with Crippen LogP contribution in [0.1, 0.15) is 59.2 Å². The van der Waals surface area contributed by atoms with Gasteiger partial charge in [0.25, 0.3) is 5.56 Å². The minimum absolute atomic E-state index is 0.0404. The normalized spacial score (nSPS) is 14.6. The van der Waals surface area contributed by atoms with Crippen LogP contribution >= 0.6 is 11.8 Å². The Morgan fingerprint density at radius 2 is 1.78 bits per heavy atom. The number of ether oxygens (including phenoxy) is 3. The van der Waals surface area contributed by atoms with Gasteiger partial charge >= 0.3 is 6.09 Å². The van der Waals surface area contributed by atoms with Crippen LogP contribution in [0.3, 0.4) is 0 Å². The van der Waals surface area contributed by atoms with Crippen molar-refractivity contribution in [1.82, 2.24) is 14.5 Å². The van der Waals surface area contributed by atoms with Crippen molar-refractivity contribution in [3.8, 4) is 23.1 Å². The molecule has 9 nitrogen and oxygen atoms in total. The van der Waals surface area contributed by atoms with Gasteiger partial charge in [-0.25, -0.2) is 4.79 Å². The summed E-state index contributed by atoms with van der Waals surface area (Å²) in [6.45, 7) is 8.62. The van der Waals surface area contributed by atoms with Crippen LogP contribution in [0.25, 0.3) is 5.69 Å². The summed E-state index contributed by atoms with van der Waals surface area (Å²) in [5, 5.41) is 11.5. The lowest BCUT2D eigenvalue weighted by Gasteiger charge is -2.33. The lowest BCUT2D eigenvalue weighted by atomic mass is 10.1. The third kappa shape index (κ3) is 6.46. The number of amides is 1. The van der Waals surface area contributed by atoms with Crippen LogP contribution in [0.4, 0.5) is 4.79 Å². The Morgan fingerprint density at radius 1 is 1.17 bits per heavy atom. The van der Waals surface area contributed by atoms with Gasteiger partial charge in [-0.2, -0.15) is 4.98 Å². The molecule has 0 aliphatic carbocycles. The van der Waals surface area contributed by atoms with E-state index in [1.54, 1.807) is 41.9 Å². The number of aryl methyl sites for hydroxylation is 1. The molecule has 36 heavy (non-hydrogen) atoms. The maximum atomic E-state index is 13.1. The van der Waals surface area contributed by atoms with E-state index in [4.69, 9.17) is 14.2 Å². The standard InChI is InChI=1S/C26H37N3O6S/c1-7-8-12-20-27-23(30)22(24(31)29(20)21-18(33-5)10-9-11-19(21)34-6)36-17-13-15-28(16-14-17)25(32)35-26(2,3)4/h9-11,17,31H,7-8,12-16H2,1-6H3. The minimum atomic E-state index is -0.551. The van der Waals surface area contributed by atoms with Crippen molar-refractivity contribution in [3.05, 3.63) is 34.4 Å². The number of para-hydroxylation sites is 1. The van der Waals surface area contributed by atoms with Crippen molar-refractivity contribution in [2.75, 3.05) is 27.3 Å². The van der Waals surface area contributed by atoms with Gasteiger partial charge in [-0.1, -0.05) is 19.4 Å². The molecular weight excluding hydrogens is 482 g/mol. The van der Waals surface area contributed by atoms with E-state index < -0.39 is 11.2 Å². The number of nitrogens with zero attached hydrogens (tertiary/aromatic N) is 3. The molecule has 1 fully saturated rings. The molecule has 1 saturated heterocycles. The lowest BCUT2D eigenvalue weighted by Crippen LogP contribution is -2.42. The highest BCUT2D eigenvalue weighted by Gasteiger charge is 2.30. The highest BCUT2D eigenvalue weighted by Crippen LogP contribution is 2.40. The molecule has 1 aromatic carbocycles. The first-order chi connectivity index (χ1) is 17.1. The first-order valence-corrected chi connectivity index (χ1v) is 13.2. The molecule has 1 amide bonds. The average molecular weight is 520 g/mol. The monoisotopic (exact) mass is 519 g/mol. The Hall–Kier alpha value is -2.88. The smallest absolute Gasteiger partial charge is 0.410 e. The van der Waals surface area contributed by atoms with Gasteiger partial charge in [-0.3, -0.25) is 9.36 Å². The van der Waals surface area contributed by atoms with Crippen molar-refractivity contribution >= 4 is 17.9 Å². The van der Waals surface area contributed by atoms with Gasteiger partial charge in [-0.15, -0.1) is 11.8 Å². The highest BCUT2D eigenvalue weighted by atomic mass is 32.2. The van der Waals surface area contributed by atoms with Gasteiger partial charge < -0.3 is 24.2 Å². The van der Waals surface area contributed by atoms with E-state index in [-0.39, 0.29) is 22.1 Å². The second-order valence-corrected chi connectivity index (χ2v) is 11.0. The number of thioether (sulfide) groups is 1. The van der Waals surface area contributed by atoms with Gasteiger partial charge in [0, 0.05) is 24.8 Å². The van der Waals surface area contributed by atoms with Crippen LogP contribution in [0.15, 0.2) is 27.9 Å². The number of carbonyl (C=O) groups is 1. The van der Waals surface area contributed by atoms with Crippen LogP contribution in [-0.2, 0) is 11.2 Å². The summed E-state index contributed by atoms with van der Waals surface area (Å²) in [4.78, 5) is 31.7. The second kappa shape index (κ2) is 11.9. The maximum Gasteiger partial charge on any atom is 0.410 e. The average Bonchev–Trinajstić information content (AvgIpc) is 2.84. The Kier molecular flexibility index (Phi) is 9.16. The first-order valence-electron chi connectivity index (χ1n) is 12.3. The van der Waals surface area contributed by atoms with Crippen LogP contribution in [0, 0.1) is 0 Å². The third-order valence-electron chi connectivity index (χ3n) is 5.86. The number of carbonyl (C=O) groups excluding carboxylic acids is 1. The Balaban J connectivity index is 1.93. The van der Waals surface area contributed by atoms with Gasteiger partial charge in [0.2, 0.25) is 5.88 Å². The van der Waals surface area contributed by atoms with Gasteiger partial charge in [0.05, 0.1) is 14.2 Å². The summed E-state index contributed by atoms with van der Waals surface area (Å²) in [5.74, 6) is 1.26. The van der Waals surface area contributed by atoms with Crippen LogP contribution in [0.5, 0.6) is 17.4 Å². The first kappa shape index (κ1) is 27.7. The summed E-state index contributed by atoms with van der Waals surface area (Å²) < 4.78 is 18.2. The summed E-state index contributed by atoms with van der Waals surface area (Å²) in [5.41, 5.74) is -0.506. The molecule has 1 aliphatic heterocycles. The molecule has 1 aliphatic rings. The van der Waals surface area contributed by atoms with Crippen LogP contribution in [-0.4, -0.2) is 63.8 Å². The van der Waals surface area contributed by atoms with E-state index in [0.29, 0.717) is 55.4 Å². The summed E-state index contributed by atoms with van der Waals surface area (Å²) in [6.07, 6.45) is 3.23. The molecule has 198 valence electrons. The number of hydrogen-bond donors (Lipinski definition) is 1. The fourth-order valence-corrected chi connectivity index (χ4v) is 5.20. The number of likely N-dealkylation sites (tertiary alicyclic amines) is 1. The molecule has 0 saturated carbocycles. The highest BCUT2D eigenvalue weighted by molar-refractivity contribution is 8.00. The zero-order chi connectivity index (χ0) is 26.5. The summed E-state index contributed by atoms with van der Waals surface area (Å²) in [7, 11) is 3.09. The van der Waals surface area contributed by atoms with Gasteiger partial charge in [0.15, 0.2) is 0 Å². The Labute approximate surface area is 216 Å². The van der Waals surface area contributed by atoms with E-state index in [1.165, 1.54) is 11.8 Å². The zero-order valence-electron chi connectivity index (χ0n) is 22.0. The molecule has 0 bridgehead atoms. The fourth-order valence-electron chi connectivity index (χ4n) is 4.08. The molecule has 0 unspecified atom stereocenters. The molecule has 0 spiro atoms. The van der Waals surface area contributed by atoms with E-state index in [1.807, 2.05) is 20.8 Å². The van der Waals surface area contributed by atoms with Crippen molar-refractivity contribution in [2.24, 2.45) is 0 Å². The molecule has 1 N–H and O–H groups in total. The third-order valence-corrected chi connectivity index (χ3v) is 7.25. The summed E-state index contributed by atoms with van der Waals surface area (Å²) in [6, 6.07) is 5.35. The maximum absolute atomic E-state index is 13.1. The van der Waals surface area contributed by atoms with E-state index in [0.717, 1.165) is 12.8 Å². The van der Waals surface area contributed by atoms with Crippen molar-refractivity contribution < 1.29 is 24.1 Å². The number of unbranched alkanes of at least 4 members (excludes halogenated alkanes) is 1. The Bertz CT molecular complexity index is 1100. The molecule has 2 aromatic rings. The van der Waals surface area contributed by atoms with E-state index >= 15 is 0 Å². The lowest BCUT2D eigenvalue weighted by molar-refractivity contribution is 0.0219. The second-order valence-electron chi connectivity index (χ2n) is 9.72. The number of aromatic nitrogens is 2. The Morgan fingerprint density at radius 3 is 2.31 bits per heavy atom. The van der Waals surface area contributed by atoms with Crippen LogP contribution in [0.2, 0.25) is 0 Å². The molecule has 3 rings (SSSR count). The molecule has 10 heteroatoms. The molecule has 0 radical (unpaired) electrons. The fraction of sp³-hybridized carbons (Fsp3) is 0.577. The minimum Gasteiger partial charge on any atom is -0.494 e. The number of rotatable bonds is 8. The predicted molar refractivity (Wildman–Crippen MR) is 140 cm³/mol. The van der Waals surface area contributed by atoms with Gasteiger partial charge in [-0.05, 0) is 52.2 Å². The molecule has 2 heterocycles. The number of hydrogen-bond acceptors (Lipinski definition) is 8. The zero-order valence-corrected chi connectivity index (χ0v) is 22.8. The quantitative estimate of drug-likeness (QED) is 0.531. The molecule has 1 aromatic heterocycles. The number of methoxy groups -OCH3 is 2. The summed E-state index contributed by atoms with van der Waals surface area (Å²) >= 11 is 1.31. The SMILES string of the molecule is CCCCc1nc(=O)c(SC2CCN(C(=O)OC(C)(C)C)CC2)c(O)n1-c1c(OC)cccc1OC. The molecular formula is C26H37N3O6S. The number of benzene rings is 1.